The van der Waals surface area contributed by atoms with Crippen molar-refractivity contribution in [1.82, 2.24) is 4.90 Å². The molecule has 2 saturated carbocycles. The van der Waals surface area contributed by atoms with E-state index >= 15 is 0 Å². The minimum Gasteiger partial charge on any atom is -0.297 e. The van der Waals surface area contributed by atoms with Gasteiger partial charge in [0.2, 0.25) is 0 Å². The SMILES string of the molecule is CC(C)C1C[C@H]1C(C)N(C)C1(C)C(C)C1C. The standard InChI is InChI=1S/C15H29N/c1-9(2)13-8-14(13)12(5)16(7)15(6)10(3)11(15)4/h9-14H,8H2,1-7H3/t10?,11?,12?,13?,14-,15?/m0/s1. The van der Waals surface area contributed by atoms with Gasteiger partial charge < -0.3 is 0 Å². The van der Waals surface area contributed by atoms with Crippen LogP contribution in [0.5, 0.6) is 0 Å². The molecule has 2 rings (SSSR count). The highest BCUT2D eigenvalue weighted by molar-refractivity contribution is 5.13. The first kappa shape index (κ1) is 12.4. The summed E-state index contributed by atoms with van der Waals surface area (Å²) in [4.78, 5) is 2.68. The summed E-state index contributed by atoms with van der Waals surface area (Å²) in [5.41, 5.74) is 0.476. The van der Waals surface area contributed by atoms with Gasteiger partial charge >= 0.3 is 0 Å². The van der Waals surface area contributed by atoms with Crippen LogP contribution < -0.4 is 0 Å². The second kappa shape index (κ2) is 3.73. The van der Waals surface area contributed by atoms with E-state index in [1.54, 1.807) is 0 Å². The zero-order valence-corrected chi connectivity index (χ0v) is 12.1. The molecule has 94 valence electrons. The zero-order chi connectivity index (χ0) is 12.2. The van der Waals surface area contributed by atoms with Crippen molar-refractivity contribution in [2.45, 2.75) is 59.5 Å². The highest BCUT2D eigenvalue weighted by Gasteiger charge is 2.60. The van der Waals surface area contributed by atoms with Gasteiger partial charge in [-0.25, -0.2) is 0 Å². The fourth-order valence-electron chi connectivity index (χ4n) is 3.89. The smallest absolute Gasteiger partial charge is 0.0238 e. The lowest BCUT2D eigenvalue weighted by atomic mass is 10.0. The normalized spacial score (nSPS) is 48.6. The molecule has 1 nitrogen and oxygen atoms in total. The molecule has 0 aromatic heterocycles. The minimum absolute atomic E-state index is 0.476. The topological polar surface area (TPSA) is 3.24 Å². The molecular weight excluding hydrogens is 194 g/mol. The van der Waals surface area contributed by atoms with Crippen LogP contribution in [-0.2, 0) is 0 Å². The molecule has 2 fully saturated rings. The molecule has 0 aliphatic heterocycles. The molecule has 0 amide bonds. The van der Waals surface area contributed by atoms with E-state index in [9.17, 15) is 0 Å². The van der Waals surface area contributed by atoms with Crippen molar-refractivity contribution in [3.63, 3.8) is 0 Å². The van der Waals surface area contributed by atoms with Gasteiger partial charge in [-0.2, -0.15) is 0 Å². The molecule has 2 aliphatic rings. The van der Waals surface area contributed by atoms with Gasteiger partial charge in [-0.1, -0.05) is 27.7 Å². The van der Waals surface area contributed by atoms with Gasteiger partial charge in [-0.05, 0) is 56.9 Å². The van der Waals surface area contributed by atoms with Crippen LogP contribution in [0.4, 0.5) is 0 Å². The third kappa shape index (κ3) is 1.63. The van der Waals surface area contributed by atoms with E-state index in [1.165, 1.54) is 6.42 Å². The van der Waals surface area contributed by atoms with Crippen LogP contribution >= 0.6 is 0 Å². The van der Waals surface area contributed by atoms with E-state index in [2.05, 4.69) is 53.5 Å². The summed E-state index contributed by atoms with van der Waals surface area (Å²) in [5.74, 6) is 4.57. The molecule has 2 aliphatic carbocycles. The van der Waals surface area contributed by atoms with Crippen molar-refractivity contribution in [1.29, 1.82) is 0 Å². The Kier molecular flexibility index (Phi) is 2.89. The Labute approximate surface area is 102 Å². The van der Waals surface area contributed by atoms with Crippen LogP contribution in [0.25, 0.3) is 0 Å². The minimum atomic E-state index is 0.476. The van der Waals surface area contributed by atoms with Crippen molar-refractivity contribution in [3.05, 3.63) is 0 Å². The summed E-state index contributed by atoms with van der Waals surface area (Å²) < 4.78 is 0. The van der Waals surface area contributed by atoms with Crippen molar-refractivity contribution >= 4 is 0 Å². The summed E-state index contributed by atoms with van der Waals surface area (Å²) in [7, 11) is 2.35. The van der Waals surface area contributed by atoms with Crippen LogP contribution in [0.1, 0.15) is 48.0 Å². The fraction of sp³-hybridized carbons (Fsp3) is 1.00. The Hall–Kier alpha value is -0.0400. The van der Waals surface area contributed by atoms with Gasteiger partial charge in [0.05, 0.1) is 0 Å². The molecule has 0 bridgehead atoms. The van der Waals surface area contributed by atoms with E-state index in [-0.39, 0.29) is 0 Å². The predicted octanol–water partition coefficient (Wildman–Crippen LogP) is 3.64. The summed E-state index contributed by atoms with van der Waals surface area (Å²) >= 11 is 0. The van der Waals surface area contributed by atoms with E-state index in [1.807, 2.05) is 0 Å². The van der Waals surface area contributed by atoms with Crippen LogP contribution in [-0.4, -0.2) is 23.5 Å². The van der Waals surface area contributed by atoms with Gasteiger partial charge in [-0.15, -0.1) is 0 Å². The molecule has 0 spiro atoms. The summed E-state index contributed by atoms with van der Waals surface area (Å²) in [6, 6.07) is 0.768. The fourth-order valence-corrected chi connectivity index (χ4v) is 3.89. The quantitative estimate of drug-likeness (QED) is 0.703. The molecule has 0 saturated heterocycles. The van der Waals surface area contributed by atoms with E-state index in [0.717, 1.165) is 35.6 Å². The molecule has 0 heterocycles. The molecule has 0 aromatic carbocycles. The Morgan fingerprint density at radius 3 is 1.88 bits per heavy atom. The Morgan fingerprint density at radius 2 is 1.56 bits per heavy atom. The van der Waals surface area contributed by atoms with Gasteiger partial charge in [-0.3, -0.25) is 4.90 Å². The van der Waals surface area contributed by atoms with E-state index in [4.69, 9.17) is 0 Å². The van der Waals surface area contributed by atoms with E-state index in [0.29, 0.717) is 5.54 Å². The molecule has 1 heteroatoms. The Morgan fingerprint density at radius 1 is 1.06 bits per heavy atom. The highest BCUT2D eigenvalue weighted by Crippen LogP contribution is 2.57. The van der Waals surface area contributed by atoms with Crippen LogP contribution in [0.3, 0.4) is 0 Å². The number of hydrogen-bond acceptors (Lipinski definition) is 1. The molecule has 5 atom stereocenters. The second-order valence-corrected chi connectivity index (χ2v) is 6.96. The van der Waals surface area contributed by atoms with Crippen molar-refractivity contribution in [3.8, 4) is 0 Å². The summed E-state index contributed by atoms with van der Waals surface area (Å²) in [5, 5.41) is 0. The molecule has 16 heavy (non-hydrogen) atoms. The molecule has 0 radical (unpaired) electrons. The largest absolute Gasteiger partial charge is 0.297 e. The van der Waals surface area contributed by atoms with Crippen molar-refractivity contribution in [2.75, 3.05) is 7.05 Å². The Bertz CT molecular complexity index is 263. The predicted molar refractivity (Wildman–Crippen MR) is 70.4 cm³/mol. The van der Waals surface area contributed by atoms with Gasteiger partial charge in [0.25, 0.3) is 0 Å². The molecule has 4 unspecified atom stereocenters. The summed E-state index contributed by atoms with van der Waals surface area (Å²) in [6.45, 7) is 14.5. The lowest BCUT2D eigenvalue weighted by molar-refractivity contribution is 0.136. The maximum atomic E-state index is 2.68. The molecular formula is C15H29N. The van der Waals surface area contributed by atoms with Gasteiger partial charge in [0.15, 0.2) is 0 Å². The van der Waals surface area contributed by atoms with Crippen molar-refractivity contribution in [2.24, 2.45) is 29.6 Å². The average molecular weight is 223 g/mol. The first-order valence-corrected chi connectivity index (χ1v) is 7.04. The first-order chi connectivity index (χ1) is 7.31. The number of nitrogens with zero attached hydrogens (tertiary/aromatic N) is 1. The van der Waals surface area contributed by atoms with Crippen LogP contribution in [0.2, 0.25) is 0 Å². The number of hydrogen-bond donors (Lipinski definition) is 0. The third-order valence-corrected chi connectivity index (χ3v) is 6.22. The van der Waals surface area contributed by atoms with Gasteiger partial charge in [0, 0.05) is 11.6 Å². The van der Waals surface area contributed by atoms with Crippen LogP contribution in [0.15, 0.2) is 0 Å². The maximum Gasteiger partial charge on any atom is 0.0238 e. The van der Waals surface area contributed by atoms with Crippen molar-refractivity contribution < 1.29 is 0 Å². The number of rotatable bonds is 4. The first-order valence-electron chi connectivity index (χ1n) is 7.04. The third-order valence-electron chi connectivity index (χ3n) is 6.22. The average Bonchev–Trinajstić information content (AvgIpc) is 3.11. The highest BCUT2D eigenvalue weighted by atomic mass is 15.3. The second-order valence-electron chi connectivity index (χ2n) is 6.96. The summed E-state index contributed by atoms with van der Waals surface area (Å²) in [6.07, 6.45) is 1.46. The lowest BCUT2D eigenvalue weighted by Gasteiger charge is -2.33. The lowest BCUT2D eigenvalue weighted by Crippen LogP contribution is -2.42. The van der Waals surface area contributed by atoms with Gasteiger partial charge in [0.1, 0.15) is 0 Å². The molecule has 0 aromatic rings. The zero-order valence-electron chi connectivity index (χ0n) is 12.1. The molecule has 0 N–H and O–H groups in total. The maximum absolute atomic E-state index is 2.68. The van der Waals surface area contributed by atoms with Crippen LogP contribution in [0, 0.1) is 29.6 Å². The van der Waals surface area contributed by atoms with E-state index < -0.39 is 0 Å². The Balaban J connectivity index is 1.94. The monoisotopic (exact) mass is 223 g/mol.